The molecule has 1 aliphatic rings. The number of carbonyl (C=O) groups excluding carboxylic acids is 1. The maximum absolute atomic E-state index is 12.5. The van der Waals surface area contributed by atoms with Crippen molar-refractivity contribution >= 4 is 17.4 Å². The minimum absolute atomic E-state index is 0.248. The molecule has 0 heterocycles. The third kappa shape index (κ3) is 6.36. The summed E-state index contributed by atoms with van der Waals surface area (Å²) in [5.41, 5.74) is 4.31. The van der Waals surface area contributed by atoms with E-state index in [1.54, 1.807) is 0 Å². The van der Waals surface area contributed by atoms with Crippen LogP contribution in [0.15, 0.2) is 72.8 Å². The predicted octanol–water partition coefficient (Wildman–Crippen LogP) is 6.57. The van der Waals surface area contributed by atoms with Gasteiger partial charge in [-0.05, 0) is 97.9 Å². The molecule has 5 heteroatoms. The molecule has 1 atom stereocenters. The molecule has 0 spiro atoms. The third-order valence-corrected chi connectivity index (χ3v) is 6.30. The lowest BCUT2D eigenvalue weighted by Crippen LogP contribution is -2.32. The fourth-order valence-electron chi connectivity index (χ4n) is 4.44. The zero-order chi connectivity index (χ0) is 23.0. The lowest BCUT2D eigenvalue weighted by Gasteiger charge is -2.29. The summed E-state index contributed by atoms with van der Waals surface area (Å²) in [5.74, 6) is 2.22. The van der Waals surface area contributed by atoms with Gasteiger partial charge in [0.25, 0.3) is 0 Å². The number of nitrogens with zero attached hydrogens (tertiary/aromatic N) is 1. The standard InChI is InChI=1S/C28H33N3O2/c1-3-31(4-2)20-21-10-11-23-19-25(13-12-22(23)18-21)30-28(32)29-24-14-16-27(17-15-24)33-26-8-6-5-7-9-26/h5-9,12-17,19,21H,3-4,10-11,18,20H2,1-2H3,(H2,29,30,32). The van der Waals surface area contributed by atoms with E-state index < -0.39 is 0 Å². The van der Waals surface area contributed by atoms with Crippen LogP contribution in [0.1, 0.15) is 31.4 Å². The highest BCUT2D eigenvalue weighted by molar-refractivity contribution is 5.99. The second-order valence-electron chi connectivity index (χ2n) is 8.60. The summed E-state index contributed by atoms with van der Waals surface area (Å²) in [6.07, 6.45) is 3.40. The Morgan fingerprint density at radius 3 is 2.27 bits per heavy atom. The van der Waals surface area contributed by atoms with E-state index in [4.69, 9.17) is 4.74 Å². The molecule has 2 amide bonds. The van der Waals surface area contributed by atoms with Crippen LogP contribution in [0.5, 0.6) is 11.5 Å². The SMILES string of the molecule is CCN(CC)CC1CCc2cc(NC(=O)Nc3ccc(Oc4ccccc4)cc3)ccc2C1. The Labute approximate surface area is 196 Å². The zero-order valence-electron chi connectivity index (χ0n) is 19.5. The topological polar surface area (TPSA) is 53.6 Å². The third-order valence-electron chi connectivity index (χ3n) is 6.30. The van der Waals surface area contributed by atoms with Crippen molar-refractivity contribution in [2.45, 2.75) is 33.1 Å². The van der Waals surface area contributed by atoms with Crippen LogP contribution in [-0.4, -0.2) is 30.6 Å². The molecule has 0 radical (unpaired) electrons. The van der Waals surface area contributed by atoms with Crippen LogP contribution in [0.25, 0.3) is 0 Å². The smallest absolute Gasteiger partial charge is 0.323 e. The first-order valence-electron chi connectivity index (χ1n) is 11.9. The number of para-hydroxylation sites is 1. The molecular weight excluding hydrogens is 410 g/mol. The first-order chi connectivity index (χ1) is 16.1. The van der Waals surface area contributed by atoms with E-state index in [-0.39, 0.29) is 6.03 Å². The summed E-state index contributed by atoms with van der Waals surface area (Å²) in [6, 6.07) is 23.0. The van der Waals surface area contributed by atoms with Gasteiger partial charge in [-0.3, -0.25) is 0 Å². The number of ether oxygens (including phenoxy) is 1. The monoisotopic (exact) mass is 443 g/mol. The van der Waals surface area contributed by atoms with Gasteiger partial charge in [0.2, 0.25) is 0 Å². The van der Waals surface area contributed by atoms with E-state index in [1.165, 1.54) is 24.1 Å². The van der Waals surface area contributed by atoms with Crippen LogP contribution in [0.2, 0.25) is 0 Å². The summed E-state index contributed by atoms with van der Waals surface area (Å²) in [5, 5.41) is 5.86. The van der Waals surface area contributed by atoms with Crippen LogP contribution in [0.4, 0.5) is 16.2 Å². The molecule has 4 rings (SSSR count). The maximum Gasteiger partial charge on any atom is 0.323 e. The van der Waals surface area contributed by atoms with Crippen LogP contribution in [-0.2, 0) is 12.8 Å². The molecule has 172 valence electrons. The summed E-state index contributed by atoms with van der Waals surface area (Å²) in [6.45, 7) is 7.86. The van der Waals surface area contributed by atoms with Gasteiger partial charge in [-0.15, -0.1) is 0 Å². The molecule has 0 saturated heterocycles. The molecule has 5 nitrogen and oxygen atoms in total. The summed E-state index contributed by atoms with van der Waals surface area (Å²) < 4.78 is 5.80. The number of hydrogen-bond donors (Lipinski definition) is 2. The number of fused-ring (bicyclic) bond motifs is 1. The zero-order valence-corrected chi connectivity index (χ0v) is 19.5. The average Bonchev–Trinajstić information content (AvgIpc) is 2.84. The molecule has 0 fully saturated rings. The van der Waals surface area contributed by atoms with Gasteiger partial charge in [0, 0.05) is 17.9 Å². The minimum Gasteiger partial charge on any atom is -0.457 e. The molecule has 3 aromatic rings. The number of anilines is 2. The van der Waals surface area contributed by atoms with Gasteiger partial charge in [-0.1, -0.05) is 38.1 Å². The van der Waals surface area contributed by atoms with Gasteiger partial charge < -0.3 is 20.3 Å². The normalized spacial score (nSPS) is 15.1. The average molecular weight is 444 g/mol. The van der Waals surface area contributed by atoms with Crippen LogP contribution in [0, 0.1) is 5.92 Å². The van der Waals surface area contributed by atoms with Crippen molar-refractivity contribution in [1.82, 2.24) is 4.90 Å². The fourth-order valence-corrected chi connectivity index (χ4v) is 4.44. The van der Waals surface area contributed by atoms with E-state index >= 15 is 0 Å². The Bertz CT molecular complexity index is 1050. The van der Waals surface area contributed by atoms with E-state index in [2.05, 4.69) is 41.5 Å². The number of nitrogens with one attached hydrogen (secondary N) is 2. The molecule has 3 aromatic carbocycles. The number of aryl methyl sites for hydroxylation is 1. The van der Waals surface area contributed by atoms with Gasteiger partial charge in [-0.2, -0.15) is 0 Å². The number of carbonyl (C=O) groups is 1. The highest BCUT2D eigenvalue weighted by Gasteiger charge is 2.20. The first-order valence-corrected chi connectivity index (χ1v) is 11.9. The molecule has 0 saturated carbocycles. The lowest BCUT2D eigenvalue weighted by molar-refractivity contribution is 0.239. The first kappa shape index (κ1) is 22.9. The molecule has 33 heavy (non-hydrogen) atoms. The van der Waals surface area contributed by atoms with Crippen molar-refractivity contribution in [3.8, 4) is 11.5 Å². The summed E-state index contributed by atoms with van der Waals surface area (Å²) >= 11 is 0. The highest BCUT2D eigenvalue weighted by atomic mass is 16.5. The van der Waals surface area contributed by atoms with Crippen molar-refractivity contribution in [3.05, 3.63) is 83.9 Å². The van der Waals surface area contributed by atoms with E-state index in [0.717, 1.165) is 43.1 Å². The Hall–Kier alpha value is -3.31. The largest absolute Gasteiger partial charge is 0.457 e. The Balaban J connectivity index is 1.30. The maximum atomic E-state index is 12.5. The molecule has 2 N–H and O–H groups in total. The number of amides is 2. The molecule has 1 unspecified atom stereocenters. The van der Waals surface area contributed by atoms with Crippen LogP contribution < -0.4 is 15.4 Å². The predicted molar refractivity (Wildman–Crippen MR) is 135 cm³/mol. The second-order valence-corrected chi connectivity index (χ2v) is 8.60. The van der Waals surface area contributed by atoms with Crippen molar-refractivity contribution in [1.29, 1.82) is 0 Å². The van der Waals surface area contributed by atoms with E-state index in [0.29, 0.717) is 11.6 Å². The van der Waals surface area contributed by atoms with Gasteiger partial charge >= 0.3 is 6.03 Å². The van der Waals surface area contributed by atoms with Gasteiger partial charge in [-0.25, -0.2) is 4.79 Å². The Morgan fingerprint density at radius 1 is 0.879 bits per heavy atom. The van der Waals surface area contributed by atoms with E-state index in [1.807, 2.05) is 60.7 Å². The Morgan fingerprint density at radius 2 is 1.55 bits per heavy atom. The number of rotatable bonds is 8. The van der Waals surface area contributed by atoms with Gasteiger partial charge in [0.1, 0.15) is 11.5 Å². The van der Waals surface area contributed by atoms with Crippen molar-refractivity contribution in [2.24, 2.45) is 5.92 Å². The molecule has 0 bridgehead atoms. The van der Waals surface area contributed by atoms with Crippen LogP contribution in [0.3, 0.4) is 0 Å². The molecule has 0 aromatic heterocycles. The van der Waals surface area contributed by atoms with Gasteiger partial charge in [0.15, 0.2) is 0 Å². The molecule has 0 aliphatic heterocycles. The number of urea groups is 1. The number of hydrogen-bond acceptors (Lipinski definition) is 3. The minimum atomic E-state index is -0.248. The van der Waals surface area contributed by atoms with Gasteiger partial charge in [0.05, 0.1) is 0 Å². The Kier molecular flexibility index (Phi) is 7.63. The highest BCUT2D eigenvalue weighted by Crippen LogP contribution is 2.29. The molecule has 1 aliphatic carbocycles. The quantitative estimate of drug-likeness (QED) is 0.414. The lowest BCUT2D eigenvalue weighted by atomic mass is 9.83. The van der Waals surface area contributed by atoms with Crippen molar-refractivity contribution in [2.75, 3.05) is 30.3 Å². The summed E-state index contributed by atoms with van der Waals surface area (Å²) in [7, 11) is 0. The summed E-state index contributed by atoms with van der Waals surface area (Å²) in [4.78, 5) is 15.0. The van der Waals surface area contributed by atoms with Crippen molar-refractivity contribution in [3.63, 3.8) is 0 Å². The van der Waals surface area contributed by atoms with Crippen LogP contribution >= 0.6 is 0 Å². The van der Waals surface area contributed by atoms with E-state index in [9.17, 15) is 4.79 Å². The fraction of sp³-hybridized carbons (Fsp3) is 0.321. The second kappa shape index (κ2) is 11.0. The molecular formula is C28H33N3O2. The number of benzene rings is 3. The van der Waals surface area contributed by atoms with Crippen molar-refractivity contribution < 1.29 is 9.53 Å².